The van der Waals surface area contributed by atoms with Crippen LogP contribution in [-0.2, 0) is 0 Å². The van der Waals surface area contributed by atoms with Crippen molar-refractivity contribution >= 4 is 17.5 Å². The number of Topliss-reactive ketones (excluding diaryl/α,β-unsaturated/α-hetero) is 1. The second kappa shape index (κ2) is 6.30. The van der Waals surface area contributed by atoms with Gasteiger partial charge in [-0.25, -0.2) is 17.6 Å². The molecule has 0 amide bonds. The fraction of sp³-hybridized carbons (Fsp3) is 0.133. The van der Waals surface area contributed by atoms with E-state index in [1.165, 1.54) is 19.1 Å². The Bertz CT molecular complexity index is 687. The summed E-state index contributed by atoms with van der Waals surface area (Å²) in [5.41, 5.74) is -0.00331. The van der Waals surface area contributed by atoms with Crippen LogP contribution in [-0.4, -0.2) is 11.0 Å². The lowest BCUT2D eigenvalue weighted by Gasteiger charge is -2.11. The third-order valence-electron chi connectivity index (χ3n) is 2.77. The fourth-order valence-corrected chi connectivity index (χ4v) is 2.64. The van der Waals surface area contributed by atoms with Crippen molar-refractivity contribution in [3.05, 3.63) is 65.2 Å². The fourth-order valence-electron chi connectivity index (χ4n) is 1.70. The molecule has 2 aromatic carbocycles. The number of hydrogen-bond acceptors (Lipinski definition) is 2. The monoisotopic (exact) mass is 314 g/mol. The van der Waals surface area contributed by atoms with Gasteiger partial charge in [-0.1, -0.05) is 0 Å². The van der Waals surface area contributed by atoms with E-state index >= 15 is 0 Å². The van der Waals surface area contributed by atoms with Gasteiger partial charge in [0.15, 0.2) is 17.4 Å². The first kappa shape index (κ1) is 15.6. The van der Waals surface area contributed by atoms with Gasteiger partial charge in [0.1, 0.15) is 11.6 Å². The maximum absolute atomic E-state index is 13.5. The van der Waals surface area contributed by atoms with Gasteiger partial charge in [-0.05, 0) is 37.3 Å². The maximum Gasteiger partial charge on any atom is 0.175 e. The zero-order chi connectivity index (χ0) is 15.6. The molecule has 2 aromatic rings. The van der Waals surface area contributed by atoms with Crippen molar-refractivity contribution in [1.82, 2.24) is 0 Å². The van der Waals surface area contributed by atoms with Crippen molar-refractivity contribution in [2.24, 2.45) is 0 Å². The van der Waals surface area contributed by atoms with Crippen LogP contribution in [0.5, 0.6) is 0 Å². The third kappa shape index (κ3) is 3.64. The van der Waals surface area contributed by atoms with Crippen LogP contribution in [0.25, 0.3) is 0 Å². The van der Waals surface area contributed by atoms with Crippen LogP contribution in [0.2, 0.25) is 0 Å². The van der Waals surface area contributed by atoms with E-state index in [9.17, 15) is 22.4 Å². The molecule has 21 heavy (non-hydrogen) atoms. The van der Waals surface area contributed by atoms with E-state index in [1.807, 2.05) is 0 Å². The molecule has 1 atom stereocenters. The molecule has 1 nitrogen and oxygen atoms in total. The molecule has 2 rings (SSSR count). The number of benzene rings is 2. The summed E-state index contributed by atoms with van der Waals surface area (Å²) in [7, 11) is 0. The van der Waals surface area contributed by atoms with Crippen molar-refractivity contribution in [3.8, 4) is 0 Å². The summed E-state index contributed by atoms with van der Waals surface area (Å²) in [6.45, 7) is 1.51. The first-order valence-electron chi connectivity index (χ1n) is 5.99. The van der Waals surface area contributed by atoms with Gasteiger partial charge in [-0.2, -0.15) is 0 Å². The first-order chi connectivity index (χ1) is 9.88. The molecule has 110 valence electrons. The smallest absolute Gasteiger partial charge is 0.175 e. The molecular weight excluding hydrogens is 304 g/mol. The highest BCUT2D eigenvalue weighted by Gasteiger charge is 2.19. The molecule has 0 fully saturated rings. The predicted molar refractivity (Wildman–Crippen MR) is 72.4 cm³/mol. The van der Waals surface area contributed by atoms with Crippen LogP contribution in [0.1, 0.15) is 17.3 Å². The SMILES string of the molecule is CC(Sc1ccc(F)cc1F)C(=O)c1ccc(F)c(F)c1. The van der Waals surface area contributed by atoms with Crippen LogP contribution in [0.3, 0.4) is 0 Å². The summed E-state index contributed by atoms with van der Waals surface area (Å²) in [5.74, 6) is -4.12. The average molecular weight is 314 g/mol. The molecule has 0 aromatic heterocycles. The van der Waals surface area contributed by atoms with Gasteiger partial charge in [0.25, 0.3) is 0 Å². The highest BCUT2D eigenvalue weighted by Crippen LogP contribution is 2.28. The number of carbonyl (C=O) groups excluding carboxylic acids is 1. The zero-order valence-electron chi connectivity index (χ0n) is 10.9. The number of thioether (sulfide) groups is 1. The molecule has 1 unspecified atom stereocenters. The van der Waals surface area contributed by atoms with Crippen molar-refractivity contribution < 1.29 is 22.4 Å². The number of halogens is 4. The Balaban J connectivity index is 2.17. The lowest BCUT2D eigenvalue weighted by atomic mass is 10.1. The maximum atomic E-state index is 13.5. The number of ketones is 1. The minimum Gasteiger partial charge on any atom is -0.293 e. The molecule has 0 aliphatic rings. The largest absolute Gasteiger partial charge is 0.293 e. The minimum absolute atomic E-state index is 0.00331. The molecule has 0 N–H and O–H groups in total. The molecule has 0 spiro atoms. The Kier molecular flexibility index (Phi) is 4.67. The highest BCUT2D eigenvalue weighted by atomic mass is 32.2. The Morgan fingerprint density at radius 1 is 0.952 bits per heavy atom. The van der Waals surface area contributed by atoms with Crippen molar-refractivity contribution in [3.63, 3.8) is 0 Å². The molecular formula is C15H10F4OS. The summed E-state index contributed by atoms with van der Waals surface area (Å²) < 4.78 is 52.2. The van der Waals surface area contributed by atoms with Gasteiger partial charge >= 0.3 is 0 Å². The Morgan fingerprint density at radius 2 is 1.67 bits per heavy atom. The molecule has 0 heterocycles. The van der Waals surface area contributed by atoms with Gasteiger partial charge < -0.3 is 0 Å². The van der Waals surface area contributed by atoms with Gasteiger partial charge in [-0.3, -0.25) is 4.79 Å². The lowest BCUT2D eigenvalue weighted by Crippen LogP contribution is -2.14. The first-order valence-corrected chi connectivity index (χ1v) is 6.87. The van der Waals surface area contributed by atoms with Crippen LogP contribution in [0.4, 0.5) is 17.6 Å². The lowest BCUT2D eigenvalue weighted by molar-refractivity contribution is 0.0993. The molecule has 0 aliphatic heterocycles. The van der Waals surface area contributed by atoms with Crippen molar-refractivity contribution in [2.75, 3.05) is 0 Å². The molecule has 0 radical (unpaired) electrons. The van der Waals surface area contributed by atoms with Gasteiger partial charge in [0.2, 0.25) is 0 Å². The van der Waals surface area contributed by atoms with Gasteiger partial charge in [0, 0.05) is 16.5 Å². The van der Waals surface area contributed by atoms with Crippen molar-refractivity contribution in [1.29, 1.82) is 0 Å². The normalized spacial score (nSPS) is 12.2. The molecule has 6 heteroatoms. The van der Waals surface area contributed by atoms with Crippen LogP contribution in [0, 0.1) is 23.3 Å². The Morgan fingerprint density at radius 3 is 2.29 bits per heavy atom. The van der Waals surface area contributed by atoms with Crippen molar-refractivity contribution in [2.45, 2.75) is 17.1 Å². The highest BCUT2D eigenvalue weighted by molar-refractivity contribution is 8.00. The van der Waals surface area contributed by atoms with Gasteiger partial charge in [-0.15, -0.1) is 11.8 Å². The van der Waals surface area contributed by atoms with Crippen LogP contribution in [0.15, 0.2) is 41.3 Å². The van der Waals surface area contributed by atoms with Crippen LogP contribution < -0.4 is 0 Å². The minimum atomic E-state index is -1.12. The summed E-state index contributed by atoms with van der Waals surface area (Å²) in [5, 5.41) is -0.727. The quantitative estimate of drug-likeness (QED) is 0.466. The second-order valence-electron chi connectivity index (χ2n) is 4.33. The van der Waals surface area contributed by atoms with E-state index in [4.69, 9.17) is 0 Å². The molecule has 0 aliphatic carbocycles. The number of rotatable bonds is 4. The predicted octanol–water partition coefficient (Wildman–Crippen LogP) is 4.61. The molecule has 0 bridgehead atoms. The molecule has 0 saturated carbocycles. The van der Waals surface area contributed by atoms with Crippen LogP contribution >= 0.6 is 11.8 Å². The number of hydrogen-bond donors (Lipinski definition) is 0. The summed E-state index contributed by atoms with van der Waals surface area (Å²) in [6, 6.07) is 5.86. The van der Waals surface area contributed by atoms with E-state index in [-0.39, 0.29) is 10.5 Å². The Hall–Kier alpha value is -1.82. The Labute approximate surface area is 123 Å². The van der Waals surface area contributed by atoms with E-state index in [2.05, 4.69) is 0 Å². The van der Waals surface area contributed by atoms with E-state index in [1.54, 1.807) is 0 Å². The standard InChI is InChI=1S/C15H10F4OS/c1-8(21-14-5-3-10(16)7-13(14)19)15(20)9-2-4-11(17)12(18)6-9/h2-8H,1H3. The topological polar surface area (TPSA) is 17.1 Å². The van der Waals surface area contributed by atoms with E-state index in [0.29, 0.717) is 0 Å². The second-order valence-corrected chi connectivity index (χ2v) is 5.71. The molecule has 0 saturated heterocycles. The average Bonchev–Trinajstić information content (AvgIpc) is 2.44. The van der Waals surface area contributed by atoms with E-state index < -0.39 is 34.3 Å². The summed E-state index contributed by atoms with van der Waals surface area (Å²) in [4.78, 5) is 12.2. The summed E-state index contributed by atoms with van der Waals surface area (Å²) >= 11 is 0.884. The zero-order valence-corrected chi connectivity index (χ0v) is 11.7. The van der Waals surface area contributed by atoms with Gasteiger partial charge in [0.05, 0.1) is 5.25 Å². The van der Waals surface area contributed by atoms with E-state index in [0.717, 1.165) is 36.0 Å². The summed E-state index contributed by atoms with van der Waals surface area (Å²) in [6.07, 6.45) is 0. The number of carbonyl (C=O) groups is 1. The third-order valence-corrected chi connectivity index (χ3v) is 3.92.